The van der Waals surface area contributed by atoms with E-state index in [4.69, 9.17) is 4.74 Å². The monoisotopic (exact) mass is 874 g/mol. The number of amides is 1. The third-order valence-corrected chi connectivity index (χ3v) is 12.8. The Labute approximate surface area is 386 Å². The maximum atomic E-state index is 12.4. The van der Waals surface area contributed by atoms with Crippen LogP contribution in [0.3, 0.4) is 0 Å². The first-order chi connectivity index (χ1) is 30.5. The smallest absolute Gasteiger partial charge is 0.305 e. The number of hydrogen-bond donors (Lipinski definition) is 3. The molecule has 0 bridgehead atoms. The lowest BCUT2D eigenvalue weighted by Gasteiger charge is -2.22. The molecule has 0 fully saturated rings. The van der Waals surface area contributed by atoms with Crippen molar-refractivity contribution in [2.24, 2.45) is 0 Å². The van der Waals surface area contributed by atoms with Crippen molar-refractivity contribution in [2.75, 3.05) is 13.2 Å². The van der Waals surface area contributed by atoms with Crippen LogP contribution < -0.4 is 5.32 Å². The summed E-state index contributed by atoms with van der Waals surface area (Å²) in [6.07, 6.45) is 61.7. The molecule has 2 atom stereocenters. The molecule has 0 radical (unpaired) electrons. The third-order valence-electron chi connectivity index (χ3n) is 12.8. The molecule has 0 heterocycles. The summed E-state index contributed by atoms with van der Waals surface area (Å²) in [7, 11) is 0. The second-order valence-electron chi connectivity index (χ2n) is 18.9. The molecule has 0 spiro atoms. The second-order valence-corrected chi connectivity index (χ2v) is 18.9. The standard InChI is InChI=1S/C56H107NO5/c1-3-5-7-9-11-13-15-17-18-19-20-21-22-23-25-28-32-36-40-44-48-54(59)53(52-58)57-55(60)49-45-41-37-33-29-26-24-27-31-35-39-43-47-51-62-56(61)50-46-42-38-34-30-16-14-12-10-8-6-4-2/h26,29,37,41,53-54,58-59H,3-25,27-28,30-36,38-40,42-52H2,1-2H3,(H,57,60)/b29-26-,41-37-. The third kappa shape index (κ3) is 47.8. The van der Waals surface area contributed by atoms with Crippen molar-refractivity contribution in [3.05, 3.63) is 24.3 Å². The van der Waals surface area contributed by atoms with Crippen molar-refractivity contribution < 1.29 is 24.5 Å². The first kappa shape index (κ1) is 60.3. The number of esters is 1. The van der Waals surface area contributed by atoms with Gasteiger partial charge in [-0.15, -0.1) is 0 Å². The molecular weight excluding hydrogens is 767 g/mol. The van der Waals surface area contributed by atoms with E-state index in [1.807, 2.05) is 6.08 Å². The van der Waals surface area contributed by atoms with Crippen LogP contribution in [0, 0.1) is 0 Å². The Hall–Kier alpha value is -1.66. The van der Waals surface area contributed by atoms with E-state index >= 15 is 0 Å². The molecule has 0 aromatic carbocycles. The molecular formula is C56H107NO5. The van der Waals surface area contributed by atoms with Gasteiger partial charge in [0.15, 0.2) is 0 Å². The van der Waals surface area contributed by atoms with Crippen LogP contribution >= 0.6 is 0 Å². The van der Waals surface area contributed by atoms with Crippen LogP contribution in [0.15, 0.2) is 24.3 Å². The van der Waals surface area contributed by atoms with Gasteiger partial charge in [-0.1, -0.05) is 263 Å². The van der Waals surface area contributed by atoms with Crippen molar-refractivity contribution in [2.45, 2.75) is 309 Å². The number of allylic oxidation sites excluding steroid dienone is 4. The number of hydrogen-bond acceptors (Lipinski definition) is 5. The Kier molecular flexibility index (Phi) is 50.6. The lowest BCUT2D eigenvalue weighted by molar-refractivity contribution is -0.143. The van der Waals surface area contributed by atoms with Crippen molar-refractivity contribution in [3.63, 3.8) is 0 Å². The topological polar surface area (TPSA) is 95.9 Å². The van der Waals surface area contributed by atoms with E-state index in [-0.39, 0.29) is 18.5 Å². The number of aliphatic hydroxyl groups excluding tert-OH is 2. The summed E-state index contributed by atoms with van der Waals surface area (Å²) in [5.41, 5.74) is 0. The predicted molar refractivity (Wildman–Crippen MR) is 269 cm³/mol. The zero-order chi connectivity index (χ0) is 45.1. The fourth-order valence-corrected chi connectivity index (χ4v) is 8.51. The molecule has 6 nitrogen and oxygen atoms in total. The summed E-state index contributed by atoms with van der Waals surface area (Å²) < 4.78 is 5.44. The minimum atomic E-state index is -0.699. The lowest BCUT2D eigenvalue weighted by atomic mass is 10.0. The Balaban J connectivity index is 3.54. The molecule has 0 aromatic heterocycles. The Bertz CT molecular complexity index is 966. The van der Waals surface area contributed by atoms with Gasteiger partial charge in [0.2, 0.25) is 5.91 Å². The summed E-state index contributed by atoms with van der Waals surface area (Å²) in [5, 5.41) is 23.2. The number of carbonyl (C=O) groups excluding carboxylic acids is 2. The Morgan fingerprint density at radius 2 is 0.823 bits per heavy atom. The molecule has 1 amide bonds. The molecule has 62 heavy (non-hydrogen) atoms. The molecule has 366 valence electrons. The van der Waals surface area contributed by atoms with Crippen molar-refractivity contribution in [3.8, 4) is 0 Å². The summed E-state index contributed by atoms with van der Waals surface area (Å²) in [5.74, 6) is -0.129. The van der Waals surface area contributed by atoms with E-state index in [2.05, 4.69) is 37.4 Å². The number of carbonyl (C=O) groups is 2. The van der Waals surface area contributed by atoms with E-state index in [0.29, 0.717) is 32.3 Å². The van der Waals surface area contributed by atoms with Crippen molar-refractivity contribution >= 4 is 11.9 Å². The van der Waals surface area contributed by atoms with Gasteiger partial charge in [0.25, 0.3) is 0 Å². The van der Waals surface area contributed by atoms with Crippen LogP contribution in [0.2, 0.25) is 0 Å². The largest absolute Gasteiger partial charge is 0.466 e. The predicted octanol–water partition coefficient (Wildman–Crippen LogP) is 16.7. The van der Waals surface area contributed by atoms with Crippen LogP contribution in [-0.2, 0) is 14.3 Å². The van der Waals surface area contributed by atoms with Gasteiger partial charge < -0.3 is 20.3 Å². The first-order valence-corrected chi connectivity index (χ1v) is 27.6. The number of unbranched alkanes of at least 4 members (excludes halogenated alkanes) is 36. The van der Waals surface area contributed by atoms with Crippen LogP contribution in [-0.4, -0.2) is 47.4 Å². The summed E-state index contributed by atoms with van der Waals surface area (Å²) in [4.78, 5) is 24.4. The number of ether oxygens (including phenoxy) is 1. The van der Waals surface area contributed by atoms with Crippen LogP contribution in [0.4, 0.5) is 0 Å². The number of rotatable bonds is 51. The zero-order valence-corrected chi connectivity index (χ0v) is 41.6. The van der Waals surface area contributed by atoms with Gasteiger partial charge in [0.05, 0.1) is 25.4 Å². The van der Waals surface area contributed by atoms with E-state index in [1.54, 1.807) is 0 Å². The van der Waals surface area contributed by atoms with Gasteiger partial charge in [-0.3, -0.25) is 9.59 Å². The molecule has 0 aliphatic heterocycles. The zero-order valence-electron chi connectivity index (χ0n) is 41.6. The maximum Gasteiger partial charge on any atom is 0.305 e. The molecule has 6 heteroatoms. The van der Waals surface area contributed by atoms with Crippen LogP contribution in [0.1, 0.15) is 296 Å². The van der Waals surface area contributed by atoms with E-state index < -0.39 is 12.1 Å². The van der Waals surface area contributed by atoms with Gasteiger partial charge in [-0.05, 0) is 44.9 Å². The minimum absolute atomic E-state index is 0.0159. The lowest BCUT2D eigenvalue weighted by Crippen LogP contribution is -2.45. The summed E-state index contributed by atoms with van der Waals surface area (Å²) in [6, 6.07) is -0.585. The molecule has 0 aliphatic carbocycles. The van der Waals surface area contributed by atoms with Crippen molar-refractivity contribution in [1.82, 2.24) is 5.32 Å². The van der Waals surface area contributed by atoms with Gasteiger partial charge >= 0.3 is 5.97 Å². The van der Waals surface area contributed by atoms with Gasteiger partial charge in [-0.25, -0.2) is 0 Å². The number of nitrogens with one attached hydrogen (secondary N) is 1. The molecule has 0 rings (SSSR count). The molecule has 3 N–H and O–H groups in total. The Morgan fingerprint density at radius 3 is 1.26 bits per heavy atom. The SMILES string of the molecule is CCCCCCCCCCCCCCCCCCCCCCC(O)C(CO)NC(=O)CC/C=C\C/C=C\CCCCCCCCOC(=O)CCCCCCCCCCCCCC. The van der Waals surface area contributed by atoms with E-state index in [0.717, 1.165) is 51.4 Å². The minimum Gasteiger partial charge on any atom is -0.466 e. The number of aliphatic hydroxyl groups is 2. The summed E-state index contributed by atoms with van der Waals surface area (Å²) in [6.45, 7) is 4.90. The van der Waals surface area contributed by atoms with Gasteiger partial charge in [-0.2, -0.15) is 0 Å². The maximum absolute atomic E-state index is 12.4. The highest BCUT2D eigenvalue weighted by atomic mass is 16.5. The van der Waals surface area contributed by atoms with Gasteiger partial charge in [0, 0.05) is 12.8 Å². The molecule has 0 aromatic rings. The average molecular weight is 874 g/mol. The van der Waals surface area contributed by atoms with E-state index in [9.17, 15) is 19.8 Å². The van der Waals surface area contributed by atoms with Crippen LogP contribution in [0.25, 0.3) is 0 Å². The fraction of sp³-hybridized carbons (Fsp3) is 0.893. The average Bonchev–Trinajstić information content (AvgIpc) is 3.27. The molecule has 2 unspecified atom stereocenters. The summed E-state index contributed by atoms with van der Waals surface area (Å²) >= 11 is 0. The second kappa shape index (κ2) is 52.0. The highest BCUT2D eigenvalue weighted by Crippen LogP contribution is 2.17. The molecule has 0 saturated carbocycles. The highest BCUT2D eigenvalue weighted by molar-refractivity contribution is 5.76. The van der Waals surface area contributed by atoms with Crippen LogP contribution in [0.5, 0.6) is 0 Å². The quantitative estimate of drug-likeness (QED) is 0.0321. The normalized spacial score (nSPS) is 12.8. The van der Waals surface area contributed by atoms with E-state index in [1.165, 1.54) is 205 Å². The van der Waals surface area contributed by atoms with Gasteiger partial charge in [0.1, 0.15) is 0 Å². The van der Waals surface area contributed by atoms with Crippen molar-refractivity contribution in [1.29, 1.82) is 0 Å². The fourth-order valence-electron chi connectivity index (χ4n) is 8.51. The molecule has 0 saturated heterocycles. The molecule has 0 aliphatic rings. The highest BCUT2D eigenvalue weighted by Gasteiger charge is 2.19. The first-order valence-electron chi connectivity index (χ1n) is 27.6. The Morgan fingerprint density at radius 1 is 0.452 bits per heavy atom.